The first-order valence-electron chi connectivity index (χ1n) is 13.6. The van der Waals surface area contributed by atoms with Crippen molar-refractivity contribution >= 4 is 15.5 Å². The number of H-pyrrole nitrogens is 1. The lowest BCUT2D eigenvalue weighted by atomic mass is 10.1. The molecule has 2 N–H and O–H groups in total. The number of rotatable bonds is 14. The van der Waals surface area contributed by atoms with Crippen LogP contribution in [0.1, 0.15) is 63.0 Å². The van der Waals surface area contributed by atoms with E-state index in [-0.39, 0.29) is 22.8 Å². The normalized spacial score (nSPS) is 11.8. The average molecular weight is 552 g/mol. The predicted octanol–water partition coefficient (Wildman–Crippen LogP) is 4.83. The van der Waals surface area contributed by atoms with E-state index >= 15 is 0 Å². The number of aromatic nitrogens is 4. The van der Waals surface area contributed by atoms with E-state index in [1.807, 2.05) is 37.3 Å². The maximum absolute atomic E-state index is 13.1. The molecular formula is C29H37N5O4S. The van der Waals surface area contributed by atoms with E-state index in [4.69, 9.17) is 9.84 Å². The van der Waals surface area contributed by atoms with Crippen LogP contribution < -0.4 is 15.0 Å². The number of aryl methyl sites for hydroxylation is 2. The summed E-state index contributed by atoms with van der Waals surface area (Å²) in [5.74, 6) is 1.37. The van der Waals surface area contributed by atoms with Crippen LogP contribution in [-0.4, -0.2) is 41.2 Å². The van der Waals surface area contributed by atoms with Crippen molar-refractivity contribution in [2.24, 2.45) is 0 Å². The third-order valence-electron chi connectivity index (χ3n) is 6.61. The van der Waals surface area contributed by atoms with Gasteiger partial charge in [-0.1, -0.05) is 62.9 Å². The molecule has 4 rings (SSSR count). The van der Waals surface area contributed by atoms with Gasteiger partial charge in [0.2, 0.25) is 10.0 Å². The lowest BCUT2D eigenvalue weighted by molar-refractivity contribution is 0.341. The van der Waals surface area contributed by atoms with Gasteiger partial charge in [0, 0.05) is 13.0 Å². The number of nitrogens with zero attached hydrogens (tertiary/aromatic N) is 3. The van der Waals surface area contributed by atoms with Gasteiger partial charge in [0.15, 0.2) is 11.3 Å². The molecule has 0 aliphatic carbocycles. The molecule has 0 spiro atoms. The second kappa shape index (κ2) is 13.0. The summed E-state index contributed by atoms with van der Waals surface area (Å²) in [5.41, 5.74) is 2.11. The van der Waals surface area contributed by atoms with E-state index in [0.29, 0.717) is 42.0 Å². The molecule has 2 aromatic carbocycles. The Kier molecular flexibility index (Phi) is 9.53. The summed E-state index contributed by atoms with van der Waals surface area (Å²) in [5, 5.41) is 4.71. The Balaban J connectivity index is 1.66. The van der Waals surface area contributed by atoms with Gasteiger partial charge in [-0.05, 0) is 50.5 Å². The highest BCUT2D eigenvalue weighted by molar-refractivity contribution is 7.89. The van der Waals surface area contributed by atoms with Crippen LogP contribution in [0.5, 0.6) is 5.75 Å². The number of imidazole rings is 1. The monoisotopic (exact) mass is 551 g/mol. The van der Waals surface area contributed by atoms with Crippen molar-refractivity contribution < 1.29 is 13.2 Å². The number of benzene rings is 2. The number of hydrogen-bond donors (Lipinski definition) is 2. The summed E-state index contributed by atoms with van der Waals surface area (Å²) < 4.78 is 36.3. The number of ether oxygens (including phenoxy) is 1. The van der Waals surface area contributed by atoms with Gasteiger partial charge >= 0.3 is 0 Å². The summed E-state index contributed by atoms with van der Waals surface area (Å²) in [4.78, 5) is 20.6. The molecule has 0 bridgehead atoms. The lowest BCUT2D eigenvalue weighted by Crippen LogP contribution is -2.26. The molecule has 0 saturated heterocycles. The van der Waals surface area contributed by atoms with Crippen LogP contribution in [0.3, 0.4) is 0 Å². The number of nitrogens with one attached hydrogen (secondary N) is 2. The molecule has 208 valence electrons. The molecule has 4 aromatic rings. The Labute approximate surface area is 229 Å². The Bertz CT molecular complexity index is 1560. The van der Waals surface area contributed by atoms with Crippen molar-refractivity contribution in [3.05, 3.63) is 76.0 Å². The van der Waals surface area contributed by atoms with Gasteiger partial charge in [-0.3, -0.25) is 4.79 Å². The number of unbranched alkanes of at least 4 members (excludes halogenated alkanes) is 4. The number of sulfonamides is 1. The minimum Gasteiger partial charge on any atom is -0.493 e. The van der Waals surface area contributed by atoms with Gasteiger partial charge in [0.1, 0.15) is 11.6 Å². The summed E-state index contributed by atoms with van der Waals surface area (Å²) in [7, 11) is -3.81. The maximum atomic E-state index is 13.1. The molecule has 0 aliphatic heterocycles. The Morgan fingerprint density at radius 1 is 1.00 bits per heavy atom. The first-order valence-corrected chi connectivity index (χ1v) is 15.1. The van der Waals surface area contributed by atoms with Crippen molar-refractivity contribution in [2.45, 2.75) is 70.6 Å². The minimum absolute atomic E-state index is 0.0646. The SMILES string of the molecule is CCCCCCCc1nc(C)c2c(=O)[nH]c(-c3cc(S(=O)(=O)NCCc4ccccc4)ccc3OCC)nn12. The third kappa shape index (κ3) is 6.93. The smallest absolute Gasteiger partial charge is 0.277 e. The first-order chi connectivity index (χ1) is 18.8. The summed E-state index contributed by atoms with van der Waals surface area (Å²) in [6.45, 7) is 6.45. The highest BCUT2D eigenvalue weighted by Gasteiger charge is 2.21. The van der Waals surface area contributed by atoms with E-state index in [2.05, 4.69) is 21.6 Å². The quantitative estimate of drug-likeness (QED) is 0.217. The van der Waals surface area contributed by atoms with Crippen molar-refractivity contribution in [1.29, 1.82) is 0 Å². The topological polar surface area (TPSA) is 118 Å². The fourth-order valence-corrected chi connectivity index (χ4v) is 5.66. The largest absolute Gasteiger partial charge is 0.493 e. The van der Waals surface area contributed by atoms with Crippen LogP contribution in [0.4, 0.5) is 0 Å². The van der Waals surface area contributed by atoms with Crippen molar-refractivity contribution in [1.82, 2.24) is 24.3 Å². The molecule has 9 nitrogen and oxygen atoms in total. The van der Waals surface area contributed by atoms with Gasteiger partial charge in [0.05, 0.1) is 22.8 Å². The van der Waals surface area contributed by atoms with E-state index < -0.39 is 10.0 Å². The van der Waals surface area contributed by atoms with Crippen LogP contribution in [0.25, 0.3) is 16.9 Å². The molecular weight excluding hydrogens is 514 g/mol. The molecule has 0 amide bonds. The van der Waals surface area contributed by atoms with Gasteiger partial charge < -0.3 is 9.72 Å². The standard InChI is InChI=1S/C29H37N5O4S/c1-4-6-7-8-12-15-26-31-21(3)27-29(35)32-28(33-34(26)27)24-20-23(16-17-25(24)38-5-2)39(36,37)30-19-18-22-13-10-9-11-14-22/h9-11,13-14,16-17,20,30H,4-8,12,15,18-19H2,1-3H3,(H,32,33,35). The van der Waals surface area contributed by atoms with Crippen molar-refractivity contribution in [2.75, 3.05) is 13.2 Å². The summed E-state index contributed by atoms with van der Waals surface area (Å²) in [6, 6.07) is 14.3. The Morgan fingerprint density at radius 3 is 2.51 bits per heavy atom. The highest BCUT2D eigenvalue weighted by Crippen LogP contribution is 2.30. The van der Waals surface area contributed by atoms with Crippen molar-refractivity contribution in [3.63, 3.8) is 0 Å². The lowest BCUT2D eigenvalue weighted by Gasteiger charge is -2.13. The fraction of sp³-hybridized carbons (Fsp3) is 0.414. The van der Waals surface area contributed by atoms with Gasteiger partial charge in [-0.2, -0.15) is 0 Å². The second-order valence-corrected chi connectivity index (χ2v) is 11.3. The number of fused-ring (bicyclic) bond motifs is 1. The summed E-state index contributed by atoms with van der Waals surface area (Å²) >= 11 is 0. The van der Waals surface area contributed by atoms with Gasteiger partial charge in [-0.15, -0.1) is 5.10 Å². The molecule has 39 heavy (non-hydrogen) atoms. The molecule has 0 radical (unpaired) electrons. The maximum Gasteiger partial charge on any atom is 0.277 e. The fourth-order valence-electron chi connectivity index (χ4n) is 4.61. The molecule has 2 aromatic heterocycles. The number of aromatic amines is 1. The van der Waals surface area contributed by atoms with Crippen LogP contribution in [0, 0.1) is 6.92 Å². The van der Waals surface area contributed by atoms with Crippen LogP contribution in [0.2, 0.25) is 0 Å². The number of hydrogen-bond acceptors (Lipinski definition) is 6. The third-order valence-corrected chi connectivity index (χ3v) is 8.07. The molecule has 10 heteroatoms. The predicted molar refractivity (Wildman–Crippen MR) is 153 cm³/mol. The van der Waals surface area contributed by atoms with Gasteiger partial charge in [-0.25, -0.2) is 22.6 Å². The van der Waals surface area contributed by atoms with E-state index in [9.17, 15) is 13.2 Å². The zero-order chi connectivity index (χ0) is 27.8. The van der Waals surface area contributed by atoms with Crippen LogP contribution in [-0.2, 0) is 22.9 Å². The van der Waals surface area contributed by atoms with Crippen molar-refractivity contribution in [3.8, 4) is 17.1 Å². The molecule has 0 unspecified atom stereocenters. The Hall–Kier alpha value is -3.50. The average Bonchev–Trinajstić information content (AvgIpc) is 3.25. The van der Waals surface area contributed by atoms with Crippen LogP contribution in [0.15, 0.2) is 58.2 Å². The van der Waals surface area contributed by atoms with Crippen LogP contribution >= 0.6 is 0 Å². The van der Waals surface area contributed by atoms with E-state index in [0.717, 1.165) is 30.7 Å². The molecule has 0 aliphatic rings. The zero-order valence-electron chi connectivity index (χ0n) is 22.9. The second-order valence-electron chi connectivity index (χ2n) is 9.57. The first kappa shape index (κ1) is 28.5. The van der Waals surface area contributed by atoms with E-state index in [1.54, 1.807) is 17.5 Å². The Morgan fingerprint density at radius 2 is 1.77 bits per heavy atom. The molecule has 0 fully saturated rings. The molecule has 2 heterocycles. The van der Waals surface area contributed by atoms with E-state index in [1.165, 1.54) is 25.0 Å². The van der Waals surface area contributed by atoms with Gasteiger partial charge in [0.25, 0.3) is 5.56 Å². The summed E-state index contributed by atoms with van der Waals surface area (Å²) in [6.07, 6.45) is 6.84. The minimum atomic E-state index is -3.81. The molecule has 0 saturated carbocycles. The highest BCUT2D eigenvalue weighted by atomic mass is 32.2. The molecule has 0 atom stereocenters. The zero-order valence-corrected chi connectivity index (χ0v) is 23.7.